The summed E-state index contributed by atoms with van der Waals surface area (Å²) in [6, 6.07) is 4.25. The summed E-state index contributed by atoms with van der Waals surface area (Å²) in [6.07, 6.45) is 1.59. The van der Waals surface area contributed by atoms with Crippen LogP contribution in [0.2, 0.25) is 0 Å². The predicted molar refractivity (Wildman–Crippen MR) is 70.9 cm³/mol. The summed E-state index contributed by atoms with van der Waals surface area (Å²) in [6.45, 7) is 3.94. The van der Waals surface area contributed by atoms with E-state index < -0.39 is 16.6 Å². The molecule has 0 radical (unpaired) electrons. The summed E-state index contributed by atoms with van der Waals surface area (Å²) in [7, 11) is 0. The molecule has 0 saturated carbocycles. The minimum absolute atomic E-state index is 0.232. The van der Waals surface area contributed by atoms with Crippen LogP contribution in [0.4, 0.5) is 5.69 Å². The van der Waals surface area contributed by atoms with Gasteiger partial charge in [-0.1, -0.05) is 12.1 Å². The van der Waals surface area contributed by atoms with Crippen molar-refractivity contribution in [3.8, 4) is 0 Å². The quantitative estimate of drug-likeness (QED) is 0.681. The number of imidazole rings is 1. The second-order valence-corrected chi connectivity index (χ2v) is 4.42. The highest BCUT2D eigenvalue weighted by molar-refractivity contribution is 5.94. The maximum absolute atomic E-state index is 11.3. The third-order valence-electron chi connectivity index (χ3n) is 3.23. The van der Waals surface area contributed by atoms with E-state index in [-0.39, 0.29) is 12.1 Å². The van der Waals surface area contributed by atoms with Gasteiger partial charge in [-0.3, -0.25) is 10.1 Å². The number of rotatable bonds is 4. The number of hydrogen-bond acceptors (Lipinski definition) is 4. The summed E-state index contributed by atoms with van der Waals surface area (Å²) in [5.74, 6) is -1.30. The highest BCUT2D eigenvalue weighted by atomic mass is 16.6. The van der Waals surface area contributed by atoms with Crippen molar-refractivity contribution in [2.45, 2.75) is 20.4 Å². The van der Waals surface area contributed by atoms with E-state index in [1.165, 1.54) is 12.1 Å². The van der Waals surface area contributed by atoms with E-state index in [9.17, 15) is 20.0 Å². The van der Waals surface area contributed by atoms with Crippen LogP contribution in [0.3, 0.4) is 0 Å². The molecule has 0 bridgehead atoms. The van der Waals surface area contributed by atoms with Gasteiger partial charge in [0.05, 0.1) is 16.9 Å². The van der Waals surface area contributed by atoms with Crippen LogP contribution in [-0.4, -0.2) is 25.6 Å². The van der Waals surface area contributed by atoms with Crippen molar-refractivity contribution < 1.29 is 14.8 Å². The number of aryl methyl sites for hydroxylation is 1. The Morgan fingerprint density at radius 1 is 1.45 bits per heavy atom. The molecule has 0 aliphatic carbocycles. The third kappa shape index (κ3) is 2.37. The highest BCUT2D eigenvalue weighted by Gasteiger charge is 2.23. The number of nitro groups is 1. The maximum Gasteiger partial charge on any atom is 0.343 e. The summed E-state index contributed by atoms with van der Waals surface area (Å²) < 4.78 is 1.76. The Morgan fingerprint density at radius 3 is 2.65 bits per heavy atom. The molecule has 0 spiro atoms. The first kappa shape index (κ1) is 13.7. The van der Waals surface area contributed by atoms with E-state index in [1.807, 2.05) is 13.8 Å². The topological polar surface area (TPSA) is 98.3 Å². The lowest BCUT2D eigenvalue weighted by molar-refractivity contribution is -0.385. The second-order valence-electron chi connectivity index (χ2n) is 4.42. The zero-order valence-corrected chi connectivity index (χ0v) is 11.0. The fraction of sp³-hybridized carbons (Fsp3) is 0.231. The molecule has 0 fully saturated rings. The monoisotopic (exact) mass is 275 g/mol. The first-order valence-corrected chi connectivity index (χ1v) is 5.89. The van der Waals surface area contributed by atoms with Gasteiger partial charge in [0.15, 0.2) is 0 Å². The van der Waals surface area contributed by atoms with Gasteiger partial charge in [-0.15, -0.1) is 0 Å². The van der Waals surface area contributed by atoms with Gasteiger partial charge in [-0.05, 0) is 19.4 Å². The minimum Gasteiger partial charge on any atom is -0.477 e. The van der Waals surface area contributed by atoms with E-state index in [2.05, 4.69) is 4.98 Å². The van der Waals surface area contributed by atoms with Gasteiger partial charge in [0, 0.05) is 18.3 Å². The fourth-order valence-corrected chi connectivity index (χ4v) is 2.00. The van der Waals surface area contributed by atoms with E-state index in [1.54, 1.807) is 17.0 Å². The number of benzene rings is 1. The Bertz CT molecular complexity index is 691. The number of carboxylic acids is 1. The number of hydrogen-bond donors (Lipinski definition) is 1. The predicted octanol–water partition coefficient (Wildman–Crippen LogP) is 2.15. The van der Waals surface area contributed by atoms with Gasteiger partial charge >= 0.3 is 5.97 Å². The molecule has 1 aromatic carbocycles. The summed E-state index contributed by atoms with van der Waals surface area (Å²) in [5.41, 5.74) is 1.44. The second kappa shape index (κ2) is 5.12. The molecule has 1 heterocycles. The van der Waals surface area contributed by atoms with Crippen molar-refractivity contribution in [3.05, 3.63) is 57.2 Å². The van der Waals surface area contributed by atoms with Crippen LogP contribution in [0.1, 0.15) is 27.3 Å². The SMILES string of the molecule is Cc1ncn(Cc2cccc([N+](=O)[O-])c2C(=O)O)c1C. The molecule has 0 atom stereocenters. The van der Waals surface area contributed by atoms with Crippen molar-refractivity contribution in [2.24, 2.45) is 0 Å². The Hall–Kier alpha value is -2.70. The molecule has 104 valence electrons. The van der Waals surface area contributed by atoms with Crippen LogP contribution >= 0.6 is 0 Å². The summed E-state index contributed by atoms with van der Waals surface area (Å²) in [5, 5.41) is 20.1. The molecule has 2 aromatic rings. The molecular weight excluding hydrogens is 262 g/mol. The molecular formula is C13H13N3O4. The number of nitrogens with zero attached hydrogens (tertiary/aromatic N) is 3. The van der Waals surface area contributed by atoms with Crippen molar-refractivity contribution in [1.29, 1.82) is 0 Å². The Morgan fingerprint density at radius 2 is 2.15 bits per heavy atom. The average Bonchev–Trinajstić information content (AvgIpc) is 2.70. The van der Waals surface area contributed by atoms with Gasteiger partial charge in [-0.25, -0.2) is 9.78 Å². The van der Waals surface area contributed by atoms with Crippen molar-refractivity contribution >= 4 is 11.7 Å². The van der Waals surface area contributed by atoms with Crippen molar-refractivity contribution in [3.63, 3.8) is 0 Å². The van der Waals surface area contributed by atoms with Gasteiger partial charge in [0.1, 0.15) is 5.56 Å². The van der Waals surface area contributed by atoms with Gasteiger partial charge in [0.25, 0.3) is 5.69 Å². The molecule has 0 amide bonds. The molecule has 7 heteroatoms. The molecule has 1 aromatic heterocycles. The largest absolute Gasteiger partial charge is 0.477 e. The number of carboxylic acid groups (broad SMARTS) is 1. The zero-order valence-electron chi connectivity index (χ0n) is 11.0. The van der Waals surface area contributed by atoms with E-state index >= 15 is 0 Å². The smallest absolute Gasteiger partial charge is 0.343 e. The number of aromatic carboxylic acids is 1. The van der Waals surface area contributed by atoms with Crippen molar-refractivity contribution in [2.75, 3.05) is 0 Å². The van der Waals surface area contributed by atoms with E-state index in [0.29, 0.717) is 5.56 Å². The van der Waals surface area contributed by atoms with Crippen LogP contribution in [0.15, 0.2) is 24.5 Å². The molecule has 20 heavy (non-hydrogen) atoms. The molecule has 0 saturated heterocycles. The zero-order chi connectivity index (χ0) is 14.9. The lowest BCUT2D eigenvalue weighted by Gasteiger charge is -2.09. The van der Waals surface area contributed by atoms with Crippen molar-refractivity contribution in [1.82, 2.24) is 9.55 Å². The summed E-state index contributed by atoms with van der Waals surface area (Å²) >= 11 is 0. The molecule has 1 N–H and O–H groups in total. The number of nitro benzene ring substituents is 1. The van der Waals surface area contributed by atoms with Gasteiger partial charge in [-0.2, -0.15) is 0 Å². The lowest BCUT2D eigenvalue weighted by Crippen LogP contribution is -2.10. The van der Waals surface area contributed by atoms with E-state index in [4.69, 9.17) is 0 Å². The van der Waals surface area contributed by atoms with Crippen LogP contribution in [0, 0.1) is 24.0 Å². The highest BCUT2D eigenvalue weighted by Crippen LogP contribution is 2.23. The molecule has 0 unspecified atom stereocenters. The van der Waals surface area contributed by atoms with E-state index in [0.717, 1.165) is 11.4 Å². The van der Waals surface area contributed by atoms with Crippen LogP contribution in [-0.2, 0) is 6.54 Å². The third-order valence-corrected chi connectivity index (χ3v) is 3.23. The van der Waals surface area contributed by atoms with Crippen LogP contribution in [0.5, 0.6) is 0 Å². The normalized spacial score (nSPS) is 10.5. The van der Waals surface area contributed by atoms with Crippen LogP contribution < -0.4 is 0 Å². The Labute approximate surface area is 114 Å². The lowest BCUT2D eigenvalue weighted by atomic mass is 10.1. The minimum atomic E-state index is -1.30. The number of carbonyl (C=O) groups is 1. The molecule has 2 rings (SSSR count). The number of aromatic nitrogens is 2. The molecule has 7 nitrogen and oxygen atoms in total. The Kier molecular flexibility index (Phi) is 3.51. The molecule has 0 aliphatic rings. The fourth-order valence-electron chi connectivity index (χ4n) is 2.00. The average molecular weight is 275 g/mol. The molecule has 0 aliphatic heterocycles. The Balaban J connectivity index is 2.52. The standard InChI is InChI=1S/C13H13N3O4/c1-8-9(2)15(7-14-8)6-10-4-3-5-11(16(19)20)12(10)13(17)18/h3-5,7H,6H2,1-2H3,(H,17,18). The first-order chi connectivity index (χ1) is 9.41. The summed E-state index contributed by atoms with van der Waals surface area (Å²) in [4.78, 5) is 25.7. The maximum atomic E-state index is 11.3. The van der Waals surface area contributed by atoms with Gasteiger partial charge in [0.2, 0.25) is 0 Å². The van der Waals surface area contributed by atoms with Crippen LogP contribution in [0.25, 0.3) is 0 Å². The first-order valence-electron chi connectivity index (χ1n) is 5.89. The van der Waals surface area contributed by atoms with Gasteiger partial charge < -0.3 is 9.67 Å².